The van der Waals surface area contributed by atoms with E-state index in [0.29, 0.717) is 19.5 Å². The van der Waals surface area contributed by atoms with Crippen molar-refractivity contribution >= 4 is 27.8 Å². The second-order valence-electron chi connectivity index (χ2n) is 4.88. The molecule has 2 rings (SSSR count). The number of hydrogen-bond donors (Lipinski definition) is 1. The minimum atomic E-state index is -0.813. The molecule has 1 amide bonds. The van der Waals surface area contributed by atoms with Crippen molar-refractivity contribution in [3.05, 3.63) is 34.3 Å². The van der Waals surface area contributed by atoms with E-state index < -0.39 is 11.9 Å². The fourth-order valence-corrected chi connectivity index (χ4v) is 2.59. The first kappa shape index (κ1) is 14.1. The lowest BCUT2D eigenvalue weighted by molar-refractivity contribution is -0.141. The molecule has 1 aliphatic rings. The Labute approximate surface area is 120 Å². The minimum Gasteiger partial charge on any atom is -0.481 e. The summed E-state index contributed by atoms with van der Waals surface area (Å²) in [5.41, 5.74) is 0.951. The maximum Gasteiger partial charge on any atom is 0.308 e. The lowest BCUT2D eigenvalue weighted by Crippen LogP contribution is -2.33. The van der Waals surface area contributed by atoms with Crippen LogP contribution in [0.4, 0.5) is 0 Å². The first-order valence-corrected chi connectivity index (χ1v) is 7.05. The van der Waals surface area contributed by atoms with Gasteiger partial charge < -0.3 is 10.0 Å². The number of carbonyl (C=O) groups excluding carboxylic acids is 1. The molecule has 1 aliphatic heterocycles. The van der Waals surface area contributed by atoms with E-state index in [1.54, 1.807) is 4.90 Å². The van der Waals surface area contributed by atoms with E-state index in [1.165, 1.54) is 0 Å². The number of aliphatic carboxylic acids is 1. The van der Waals surface area contributed by atoms with Gasteiger partial charge in [-0.05, 0) is 31.0 Å². The van der Waals surface area contributed by atoms with Crippen LogP contribution in [0.3, 0.4) is 0 Å². The second kappa shape index (κ2) is 5.74. The van der Waals surface area contributed by atoms with Gasteiger partial charge in [0.1, 0.15) is 0 Å². The minimum absolute atomic E-state index is 0.00562. The Bertz CT molecular complexity index is 486. The van der Waals surface area contributed by atoms with Gasteiger partial charge in [-0.15, -0.1) is 0 Å². The van der Waals surface area contributed by atoms with Crippen LogP contribution in [-0.2, 0) is 9.59 Å². The van der Waals surface area contributed by atoms with Crippen molar-refractivity contribution in [3.8, 4) is 0 Å². The van der Waals surface area contributed by atoms with Crippen LogP contribution in [0, 0.1) is 5.92 Å². The molecule has 102 valence electrons. The highest BCUT2D eigenvalue weighted by Gasteiger charge is 2.32. The van der Waals surface area contributed by atoms with Gasteiger partial charge in [0, 0.05) is 17.6 Å². The van der Waals surface area contributed by atoms with Crippen LogP contribution < -0.4 is 0 Å². The number of carboxylic acids is 1. The molecule has 0 aromatic heterocycles. The van der Waals surface area contributed by atoms with E-state index >= 15 is 0 Å². The van der Waals surface area contributed by atoms with Gasteiger partial charge in [-0.1, -0.05) is 28.1 Å². The summed E-state index contributed by atoms with van der Waals surface area (Å²) in [5, 5.41) is 8.96. The van der Waals surface area contributed by atoms with E-state index in [2.05, 4.69) is 15.9 Å². The van der Waals surface area contributed by atoms with Crippen LogP contribution in [0.25, 0.3) is 0 Å². The Hall–Kier alpha value is -1.36. The summed E-state index contributed by atoms with van der Waals surface area (Å²) in [7, 11) is 0. The summed E-state index contributed by atoms with van der Waals surface area (Å²) in [4.78, 5) is 24.9. The molecule has 1 heterocycles. The molecule has 1 saturated heterocycles. The first-order chi connectivity index (χ1) is 8.99. The number of halogens is 1. The summed E-state index contributed by atoms with van der Waals surface area (Å²) in [6.07, 6.45) is 0.550. The fraction of sp³-hybridized carbons (Fsp3) is 0.429. The second-order valence-corrected chi connectivity index (χ2v) is 5.80. The standard InChI is InChI=1S/C14H16BrNO3/c1-9(10-2-4-12(15)5-3-10)13(17)16-7-6-11(8-16)14(18)19/h2-5,9,11H,6-8H2,1H3,(H,18,19). The zero-order valence-corrected chi connectivity index (χ0v) is 12.3. The van der Waals surface area contributed by atoms with E-state index in [4.69, 9.17) is 5.11 Å². The van der Waals surface area contributed by atoms with Gasteiger partial charge in [0.2, 0.25) is 5.91 Å². The molecule has 0 aliphatic carbocycles. The summed E-state index contributed by atoms with van der Waals surface area (Å²) in [5.74, 6) is -1.46. The number of carboxylic acid groups (broad SMARTS) is 1. The highest BCUT2D eigenvalue weighted by atomic mass is 79.9. The number of benzene rings is 1. The third kappa shape index (κ3) is 3.15. The maximum absolute atomic E-state index is 12.3. The fourth-order valence-electron chi connectivity index (χ4n) is 2.33. The molecule has 2 atom stereocenters. The first-order valence-electron chi connectivity index (χ1n) is 6.26. The molecule has 0 bridgehead atoms. The molecule has 1 N–H and O–H groups in total. The van der Waals surface area contributed by atoms with Gasteiger partial charge in [0.15, 0.2) is 0 Å². The van der Waals surface area contributed by atoms with Gasteiger partial charge in [-0.3, -0.25) is 9.59 Å². The van der Waals surface area contributed by atoms with Gasteiger partial charge in [0.05, 0.1) is 11.8 Å². The van der Waals surface area contributed by atoms with Crippen LogP contribution in [0.15, 0.2) is 28.7 Å². The summed E-state index contributed by atoms with van der Waals surface area (Å²) in [6, 6.07) is 7.64. The molecule has 1 fully saturated rings. The van der Waals surface area contributed by atoms with Gasteiger partial charge in [0.25, 0.3) is 0 Å². The molecule has 1 aromatic carbocycles. The van der Waals surface area contributed by atoms with Gasteiger partial charge >= 0.3 is 5.97 Å². The quantitative estimate of drug-likeness (QED) is 0.928. The molecule has 0 radical (unpaired) electrons. The average molecular weight is 326 g/mol. The monoisotopic (exact) mass is 325 g/mol. The molecule has 5 heteroatoms. The zero-order chi connectivity index (χ0) is 14.0. The maximum atomic E-state index is 12.3. The molecule has 2 unspecified atom stereocenters. The topological polar surface area (TPSA) is 57.6 Å². The predicted molar refractivity (Wildman–Crippen MR) is 74.9 cm³/mol. The summed E-state index contributed by atoms with van der Waals surface area (Å²) in [6.45, 7) is 2.73. The molecule has 19 heavy (non-hydrogen) atoms. The third-order valence-corrected chi connectivity index (χ3v) is 4.12. The smallest absolute Gasteiger partial charge is 0.308 e. The van der Waals surface area contributed by atoms with E-state index in [0.717, 1.165) is 10.0 Å². The Morgan fingerprint density at radius 2 is 2.00 bits per heavy atom. The number of carbonyl (C=O) groups is 2. The number of rotatable bonds is 3. The Balaban J connectivity index is 2.04. The lowest BCUT2D eigenvalue weighted by Gasteiger charge is -2.21. The summed E-state index contributed by atoms with van der Waals surface area (Å²) >= 11 is 3.36. The molecule has 1 aromatic rings. The number of hydrogen-bond acceptors (Lipinski definition) is 2. The van der Waals surface area contributed by atoms with Gasteiger partial charge in [-0.2, -0.15) is 0 Å². The Kier molecular flexibility index (Phi) is 4.24. The molecule has 0 saturated carbocycles. The van der Waals surface area contributed by atoms with Crippen molar-refractivity contribution in [3.63, 3.8) is 0 Å². The summed E-state index contributed by atoms with van der Waals surface area (Å²) < 4.78 is 0.975. The average Bonchev–Trinajstić information content (AvgIpc) is 2.87. The number of amides is 1. The SMILES string of the molecule is CC(C(=O)N1CCC(C(=O)O)C1)c1ccc(Br)cc1. The van der Waals surface area contributed by atoms with E-state index in [9.17, 15) is 9.59 Å². The molecule has 0 spiro atoms. The van der Waals surface area contributed by atoms with E-state index in [1.807, 2.05) is 31.2 Å². The zero-order valence-electron chi connectivity index (χ0n) is 10.7. The Morgan fingerprint density at radius 1 is 1.37 bits per heavy atom. The highest BCUT2D eigenvalue weighted by molar-refractivity contribution is 9.10. The highest BCUT2D eigenvalue weighted by Crippen LogP contribution is 2.24. The van der Waals surface area contributed by atoms with Crippen molar-refractivity contribution in [1.82, 2.24) is 4.90 Å². The van der Waals surface area contributed by atoms with Crippen LogP contribution in [0.2, 0.25) is 0 Å². The molecular formula is C14H16BrNO3. The van der Waals surface area contributed by atoms with Crippen molar-refractivity contribution in [1.29, 1.82) is 0 Å². The number of nitrogens with zero attached hydrogens (tertiary/aromatic N) is 1. The van der Waals surface area contributed by atoms with Crippen molar-refractivity contribution in [2.45, 2.75) is 19.3 Å². The normalized spacial score (nSPS) is 20.3. The van der Waals surface area contributed by atoms with E-state index in [-0.39, 0.29) is 11.8 Å². The largest absolute Gasteiger partial charge is 0.481 e. The Morgan fingerprint density at radius 3 is 2.53 bits per heavy atom. The van der Waals surface area contributed by atoms with Crippen LogP contribution in [0.1, 0.15) is 24.8 Å². The number of likely N-dealkylation sites (tertiary alicyclic amines) is 1. The van der Waals surface area contributed by atoms with Crippen molar-refractivity contribution < 1.29 is 14.7 Å². The molecular weight excluding hydrogens is 310 g/mol. The predicted octanol–water partition coefficient (Wildman–Crippen LogP) is 2.49. The van der Waals surface area contributed by atoms with Crippen LogP contribution in [0.5, 0.6) is 0 Å². The molecule has 4 nitrogen and oxygen atoms in total. The van der Waals surface area contributed by atoms with Crippen molar-refractivity contribution in [2.75, 3.05) is 13.1 Å². The van der Waals surface area contributed by atoms with Crippen LogP contribution >= 0.6 is 15.9 Å². The van der Waals surface area contributed by atoms with Crippen molar-refractivity contribution in [2.24, 2.45) is 5.92 Å². The van der Waals surface area contributed by atoms with Crippen LogP contribution in [-0.4, -0.2) is 35.0 Å². The van der Waals surface area contributed by atoms with Gasteiger partial charge in [-0.25, -0.2) is 0 Å². The lowest BCUT2D eigenvalue weighted by atomic mass is 10.00. The third-order valence-electron chi connectivity index (χ3n) is 3.59.